The monoisotopic (exact) mass is 516 g/mol. The Morgan fingerprint density at radius 2 is 1.65 bits per heavy atom. The van der Waals surface area contributed by atoms with Crippen LogP contribution in [0.15, 0.2) is 89.8 Å². The summed E-state index contributed by atoms with van der Waals surface area (Å²) in [5.41, 5.74) is 2.66. The van der Waals surface area contributed by atoms with Crippen molar-refractivity contribution in [3.8, 4) is 0 Å². The summed E-state index contributed by atoms with van der Waals surface area (Å²) in [6, 6.07) is 23.7. The van der Waals surface area contributed by atoms with E-state index in [1.807, 2.05) is 68.4 Å². The minimum absolute atomic E-state index is 0.133. The van der Waals surface area contributed by atoms with E-state index in [4.69, 9.17) is 4.74 Å². The van der Waals surface area contributed by atoms with Crippen molar-refractivity contribution in [2.75, 3.05) is 17.2 Å². The van der Waals surface area contributed by atoms with Crippen molar-refractivity contribution in [1.29, 1.82) is 0 Å². The van der Waals surface area contributed by atoms with Crippen LogP contribution in [-0.2, 0) is 14.3 Å². The molecule has 3 aromatic rings. The number of rotatable bonds is 12. The highest BCUT2D eigenvalue weighted by Crippen LogP contribution is 2.28. The van der Waals surface area contributed by atoms with E-state index in [2.05, 4.69) is 10.6 Å². The third-order valence-corrected chi connectivity index (χ3v) is 6.75. The normalized spacial score (nSPS) is 11.6. The second-order valence-electron chi connectivity index (χ2n) is 8.33. The van der Waals surface area contributed by atoms with Crippen LogP contribution in [0, 0.1) is 0 Å². The van der Waals surface area contributed by atoms with E-state index in [1.54, 1.807) is 30.3 Å². The lowest BCUT2D eigenvalue weighted by Gasteiger charge is -2.15. The Labute approximate surface area is 222 Å². The number of hydrogen-bond donors (Lipinski definition) is 2. The summed E-state index contributed by atoms with van der Waals surface area (Å²) in [6.45, 7) is 4.39. The summed E-state index contributed by atoms with van der Waals surface area (Å²) in [4.78, 5) is 38.2. The Hall–Kier alpha value is -3.84. The van der Waals surface area contributed by atoms with Crippen molar-refractivity contribution < 1.29 is 19.1 Å². The van der Waals surface area contributed by atoms with Gasteiger partial charge in [0, 0.05) is 22.3 Å². The maximum Gasteiger partial charge on any atom is 0.338 e. The first-order chi connectivity index (χ1) is 18.0. The number of ether oxygens (including phenoxy) is 1. The predicted molar refractivity (Wildman–Crippen MR) is 151 cm³/mol. The molecule has 3 aromatic carbocycles. The Balaban J connectivity index is 1.55. The SMILES string of the molecule is CCCCOC(=O)c1ccc(NC(=O)C(CC)Sc2cccc(NC(=O)/C=C/c3ccccc3)c2)cc1. The van der Waals surface area contributed by atoms with Crippen molar-refractivity contribution in [3.05, 3.63) is 96.1 Å². The number of nitrogens with one attached hydrogen (secondary N) is 2. The van der Waals surface area contributed by atoms with Gasteiger partial charge in [-0.05, 0) is 66.9 Å². The number of benzene rings is 3. The summed E-state index contributed by atoms with van der Waals surface area (Å²) in [5, 5.41) is 5.45. The standard InChI is InChI=1S/C30H32N2O4S/c1-3-5-20-36-30(35)23-15-17-24(18-16-23)32-29(34)27(4-2)37-26-13-9-12-25(21-26)31-28(33)19-14-22-10-7-6-8-11-22/h6-19,21,27H,3-5,20H2,1-2H3,(H,31,33)(H,32,34)/b19-14+. The Morgan fingerprint density at radius 1 is 0.892 bits per heavy atom. The zero-order valence-electron chi connectivity index (χ0n) is 21.1. The van der Waals surface area contributed by atoms with Gasteiger partial charge in [0.15, 0.2) is 0 Å². The molecule has 1 atom stereocenters. The van der Waals surface area contributed by atoms with Crippen LogP contribution < -0.4 is 10.6 Å². The number of unbranched alkanes of at least 4 members (excludes halogenated alkanes) is 1. The Bertz CT molecular complexity index is 1210. The van der Waals surface area contributed by atoms with Gasteiger partial charge in [-0.3, -0.25) is 9.59 Å². The van der Waals surface area contributed by atoms with Gasteiger partial charge in [0.05, 0.1) is 17.4 Å². The molecular formula is C30H32N2O4S. The summed E-state index contributed by atoms with van der Waals surface area (Å²) < 4.78 is 5.22. The number of hydrogen-bond acceptors (Lipinski definition) is 5. The molecule has 0 heterocycles. The zero-order valence-corrected chi connectivity index (χ0v) is 21.9. The highest BCUT2D eigenvalue weighted by molar-refractivity contribution is 8.00. The van der Waals surface area contributed by atoms with Gasteiger partial charge in [0.25, 0.3) is 0 Å². The summed E-state index contributed by atoms with van der Waals surface area (Å²) >= 11 is 1.43. The maximum atomic E-state index is 12.9. The van der Waals surface area contributed by atoms with Crippen molar-refractivity contribution >= 4 is 47.0 Å². The quantitative estimate of drug-likeness (QED) is 0.120. The molecule has 7 heteroatoms. The van der Waals surface area contributed by atoms with Gasteiger partial charge < -0.3 is 15.4 Å². The minimum atomic E-state index is -0.365. The minimum Gasteiger partial charge on any atom is -0.462 e. The van der Waals surface area contributed by atoms with E-state index in [-0.39, 0.29) is 23.0 Å². The van der Waals surface area contributed by atoms with Gasteiger partial charge in [0.2, 0.25) is 11.8 Å². The predicted octanol–water partition coefficient (Wildman–Crippen LogP) is 6.80. The molecule has 192 valence electrons. The molecule has 6 nitrogen and oxygen atoms in total. The first kappa shape index (κ1) is 27.7. The topological polar surface area (TPSA) is 84.5 Å². The molecule has 37 heavy (non-hydrogen) atoms. The molecule has 2 amide bonds. The van der Waals surface area contributed by atoms with Gasteiger partial charge in [-0.1, -0.05) is 56.7 Å². The van der Waals surface area contributed by atoms with Gasteiger partial charge in [0.1, 0.15) is 0 Å². The molecule has 0 spiro atoms. The second kappa shape index (κ2) is 14.7. The lowest BCUT2D eigenvalue weighted by molar-refractivity contribution is -0.115. The van der Waals surface area contributed by atoms with E-state index in [9.17, 15) is 14.4 Å². The molecule has 0 aromatic heterocycles. The fraction of sp³-hybridized carbons (Fsp3) is 0.233. The molecular weight excluding hydrogens is 484 g/mol. The molecule has 0 saturated carbocycles. The first-order valence-corrected chi connectivity index (χ1v) is 13.2. The molecule has 0 aliphatic carbocycles. The Morgan fingerprint density at radius 3 is 2.35 bits per heavy atom. The van der Waals surface area contributed by atoms with E-state index in [0.29, 0.717) is 30.0 Å². The molecule has 3 rings (SSSR count). The number of carbonyl (C=O) groups excluding carboxylic acids is 3. The van der Waals surface area contributed by atoms with E-state index in [0.717, 1.165) is 23.3 Å². The van der Waals surface area contributed by atoms with Gasteiger partial charge in [-0.25, -0.2) is 4.79 Å². The highest BCUT2D eigenvalue weighted by atomic mass is 32.2. The number of anilines is 2. The van der Waals surface area contributed by atoms with Crippen molar-refractivity contribution in [1.82, 2.24) is 0 Å². The first-order valence-electron chi connectivity index (χ1n) is 12.4. The average Bonchev–Trinajstić information content (AvgIpc) is 2.92. The third-order valence-electron chi connectivity index (χ3n) is 5.39. The summed E-state index contributed by atoms with van der Waals surface area (Å²) in [6.07, 6.45) is 5.66. The molecule has 0 bridgehead atoms. The molecule has 0 fully saturated rings. The van der Waals surface area contributed by atoms with Gasteiger partial charge in [-0.2, -0.15) is 0 Å². The van der Waals surface area contributed by atoms with Crippen LogP contribution in [-0.4, -0.2) is 29.6 Å². The van der Waals surface area contributed by atoms with E-state index in [1.165, 1.54) is 17.8 Å². The zero-order chi connectivity index (χ0) is 26.5. The molecule has 0 saturated heterocycles. The fourth-order valence-electron chi connectivity index (χ4n) is 3.36. The largest absolute Gasteiger partial charge is 0.462 e. The van der Waals surface area contributed by atoms with Crippen molar-refractivity contribution in [3.63, 3.8) is 0 Å². The number of amides is 2. The molecule has 0 aliphatic rings. The van der Waals surface area contributed by atoms with Crippen LogP contribution in [0.25, 0.3) is 6.08 Å². The molecule has 0 radical (unpaired) electrons. The third kappa shape index (κ3) is 9.28. The van der Waals surface area contributed by atoms with Gasteiger partial charge >= 0.3 is 5.97 Å². The van der Waals surface area contributed by atoms with Crippen LogP contribution >= 0.6 is 11.8 Å². The lowest BCUT2D eigenvalue weighted by atomic mass is 10.2. The van der Waals surface area contributed by atoms with Crippen LogP contribution in [0.4, 0.5) is 11.4 Å². The number of thioether (sulfide) groups is 1. The smallest absolute Gasteiger partial charge is 0.338 e. The lowest BCUT2D eigenvalue weighted by Crippen LogP contribution is -2.24. The van der Waals surface area contributed by atoms with Crippen molar-refractivity contribution in [2.24, 2.45) is 0 Å². The molecule has 0 aliphatic heterocycles. The van der Waals surface area contributed by atoms with Crippen LogP contribution in [0.3, 0.4) is 0 Å². The number of carbonyl (C=O) groups is 3. The average molecular weight is 517 g/mol. The Kier molecular flexibility index (Phi) is 11.0. The summed E-state index contributed by atoms with van der Waals surface area (Å²) in [7, 11) is 0. The highest BCUT2D eigenvalue weighted by Gasteiger charge is 2.19. The fourth-order valence-corrected chi connectivity index (χ4v) is 4.37. The molecule has 1 unspecified atom stereocenters. The maximum absolute atomic E-state index is 12.9. The van der Waals surface area contributed by atoms with Gasteiger partial charge in [-0.15, -0.1) is 11.8 Å². The summed E-state index contributed by atoms with van der Waals surface area (Å²) in [5.74, 6) is -0.727. The van der Waals surface area contributed by atoms with Crippen LogP contribution in [0.2, 0.25) is 0 Å². The number of esters is 1. The van der Waals surface area contributed by atoms with Crippen LogP contribution in [0.5, 0.6) is 0 Å². The van der Waals surface area contributed by atoms with Crippen molar-refractivity contribution in [2.45, 2.75) is 43.3 Å². The van der Waals surface area contributed by atoms with E-state index >= 15 is 0 Å². The van der Waals surface area contributed by atoms with Crippen LogP contribution in [0.1, 0.15) is 49.0 Å². The van der Waals surface area contributed by atoms with E-state index < -0.39 is 0 Å². The molecule has 2 N–H and O–H groups in total. The second-order valence-corrected chi connectivity index (χ2v) is 9.61.